The second-order valence-corrected chi connectivity index (χ2v) is 8.47. The van der Waals surface area contributed by atoms with Crippen LogP contribution < -0.4 is 5.32 Å². The van der Waals surface area contributed by atoms with Crippen molar-refractivity contribution in [3.05, 3.63) is 33.8 Å². The van der Waals surface area contributed by atoms with Gasteiger partial charge in [0.15, 0.2) is 0 Å². The Morgan fingerprint density at radius 2 is 2.10 bits per heavy atom. The molecule has 2 atom stereocenters. The zero-order chi connectivity index (χ0) is 14.8. The van der Waals surface area contributed by atoms with E-state index in [-0.39, 0.29) is 17.6 Å². The van der Waals surface area contributed by atoms with Crippen LogP contribution in [0.15, 0.2) is 18.2 Å². The predicted octanol–water partition coefficient (Wildman–Crippen LogP) is 3.12. The number of sulfone groups is 1. The number of rotatable bonds is 4. The van der Waals surface area contributed by atoms with E-state index in [0.717, 1.165) is 25.1 Å². The monoisotopic (exact) mass is 335 g/mol. The molecule has 1 N–H and O–H groups in total. The Balaban J connectivity index is 2.20. The topological polar surface area (TPSA) is 46.2 Å². The highest BCUT2D eigenvalue weighted by molar-refractivity contribution is 7.90. The summed E-state index contributed by atoms with van der Waals surface area (Å²) in [4.78, 5) is 0. The van der Waals surface area contributed by atoms with Crippen LogP contribution in [-0.4, -0.2) is 33.5 Å². The average Bonchev–Trinajstić information content (AvgIpc) is 2.39. The summed E-state index contributed by atoms with van der Waals surface area (Å²) < 4.78 is 22.7. The normalized spacial score (nSPS) is 23.8. The van der Waals surface area contributed by atoms with Crippen molar-refractivity contribution in [1.29, 1.82) is 0 Å². The lowest BCUT2D eigenvalue weighted by Crippen LogP contribution is -2.36. The van der Waals surface area contributed by atoms with Crippen molar-refractivity contribution in [3.8, 4) is 0 Å². The molecule has 1 fully saturated rings. The van der Waals surface area contributed by atoms with E-state index in [1.807, 2.05) is 12.1 Å². The number of benzene rings is 1. The maximum absolute atomic E-state index is 11.4. The standard InChI is InChI=1S/C14H19Cl2NO2S/c1-20(18,19)8-6-10-9-17-7-5-11(10)12-3-2-4-13(15)14(12)16/h2-4,10-11,17H,5-9H2,1H3. The molecule has 0 bridgehead atoms. The fourth-order valence-corrected chi connectivity index (χ4v) is 3.99. The molecule has 1 heterocycles. The molecule has 3 nitrogen and oxygen atoms in total. The zero-order valence-electron chi connectivity index (χ0n) is 11.4. The first kappa shape index (κ1) is 16.1. The Bertz CT molecular complexity index is 575. The van der Waals surface area contributed by atoms with Gasteiger partial charge in [0.2, 0.25) is 0 Å². The highest BCUT2D eigenvalue weighted by Crippen LogP contribution is 2.39. The second kappa shape index (κ2) is 6.65. The molecule has 6 heteroatoms. The Hall–Kier alpha value is -0.290. The highest BCUT2D eigenvalue weighted by Gasteiger charge is 2.28. The van der Waals surface area contributed by atoms with Gasteiger partial charge in [-0.15, -0.1) is 0 Å². The summed E-state index contributed by atoms with van der Waals surface area (Å²) in [6, 6.07) is 5.68. The van der Waals surface area contributed by atoms with Gasteiger partial charge in [0.05, 0.1) is 15.8 Å². The van der Waals surface area contributed by atoms with Crippen LogP contribution in [0.25, 0.3) is 0 Å². The van der Waals surface area contributed by atoms with Gasteiger partial charge in [-0.2, -0.15) is 0 Å². The van der Waals surface area contributed by atoms with E-state index in [0.29, 0.717) is 16.5 Å². The lowest BCUT2D eigenvalue weighted by atomic mass is 9.80. The minimum Gasteiger partial charge on any atom is -0.316 e. The van der Waals surface area contributed by atoms with Crippen molar-refractivity contribution in [2.45, 2.75) is 18.8 Å². The van der Waals surface area contributed by atoms with Crippen molar-refractivity contribution in [1.82, 2.24) is 5.32 Å². The molecular weight excluding hydrogens is 317 g/mol. The van der Waals surface area contributed by atoms with Crippen molar-refractivity contribution in [2.75, 3.05) is 25.1 Å². The first-order chi connectivity index (χ1) is 9.38. The fourth-order valence-electron chi connectivity index (χ4n) is 2.81. The summed E-state index contributed by atoms with van der Waals surface area (Å²) in [5.41, 5.74) is 1.04. The van der Waals surface area contributed by atoms with Gasteiger partial charge in [-0.3, -0.25) is 0 Å². The molecule has 0 aromatic heterocycles. The van der Waals surface area contributed by atoms with E-state index in [2.05, 4.69) is 5.32 Å². The van der Waals surface area contributed by atoms with Gasteiger partial charge >= 0.3 is 0 Å². The van der Waals surface area contributed by atoms with E-state index >= 15 is 0 Å². The third kappa shape index (κ3) is 4.10. The number of nitrogens with one attached hydrogen (secondary N) is 1. The number of hydrogen-bond donors (Lipinski definition) is 1. The quantitative estimate of drug-likeness (QED) is 0.919. The van der Waals surface area contributed by atoms with Gasteiger partial charge < -0.3 is 5.32 Å². The van der Waals surface area contributed by atoms with Crippen LogP contribution in [0.3, 0.4) is 0 Å². The van der Waals surface area contributed by atoms with Crippen LogP contribution in [0, 0.1) is 5.92 Å². The summed E-state index contributed by atoms with van der Waals surface area (Å²) in [7, 11) is -2.93. The minimum atomic E-state index is -2.93. The Morgan fingerprint density at radius 3 is 2.80 bits per heavy atom. The average molecular weight is 336 g/mol. The van der Waals surface area contributed by atoms with E-state index < -0.39 is 9.84 Å². The summed E-state index contributed by atoms with van der Waals surface area (Å²) in [5.74, 6) is 0.757. The third-order valence-corrected chi connectivity index (χ3v) is 5.66. The molecular formula is C14H19Cl2NO2S. The van der Waals surface area contributed by atoms with E-state index in [1.54, 1.807) is 6.07 Å². The molecule has 0 saturated carbocycles. The molecule has 0 aliphatic carbocycles. The first-order valence-electron chi connectivity index (χ1n) is 6.71. The smallest absolute Gasteiger partial charge is 0.147 e. The highest BCUT2D eigenvalue weighted by atomic mass is 35.5. The maximum atomic E-state index is 11.4. The first-order valence-corrected chi connectivity index (χ1v) is 9.52. The Kier molecular flexibility index (Phi) is 5.35. The number of piperidine rings is 1. The fraction of sp³-hybridized carbons (Fsp3) is 0.571. The van der Waals surface area contributed by atoms with Gasteiger partial charge in [0, 0.05) is 6.26 Å². The minimum absolute atomic E-state index is 0.216. The molecule has 20 heavy (non-hydrogen) atoms. The molecule has 0 spiro atoms. The zero-order valence-corrected chi connectivity index (χ0v) is 13.7. The SMILES string of the molecule is CS(=O)(=O)CCC1CNCCC1c1cccc(Cl)c1Cl. The number of halogens is 2. The molecule has 0 radical (unpaired) electrons. The molecule has 1 aliphatic rings. The predicted molar refractivity (Wildman–Crippen MR) is 84.5 cm³/mol. The summed E-state index contributed by atoms with van der Waals surface area (Å²) in [6.07, 6.45) is 2.89. The van der Waals surface area contributed by atoms with Crippen LogP contribution in [-0.2, 0) is 9.84 Å². The van der Waals surface area contributed by atoms with Crippen molar-refractivity contribution in [3.63, 3.8) is 0 Å². The second-order valence-electron chi connectivity index (χ2n) is 5.42. The van der Waals surface area contributed by atoms with Crippen LogP contribution in [0.5, 0.6) is 0 Å². The van der Waals surface area contributed by atoms with E-state index in [1.165, 1.54) is 6.26 Å². The molecule has 0 amide bonds. The molecule has 2 unspecified atom stereocenters. The van der Waals surface area contributed by atoms with E-state index in [9.17, 15) is 8.42 Å². The Morgan fingerprint density at radius 1 is 1.35 bits per heavy atom. The van der Waals surface area contributed by atoms with Gasteiger partial charge in [-0.05, 0) is 49.4 Å². The number of hydrogen-bond acceptors (Lipinski definition) is 3. The van der Waals surface area contributed by atoms with Crippen molar-refractivity contribution < 1.29 is 8.42 Å². The molecule has 1 aromatic rings. The van der Waals surface area contributed by atoms with Crippen LogP contribution in [0.4, 0.5) is 0 Å². The van der Waals surface area contributed by atoms with Gasteiger partial charge in [-0.25, -0.2) is 8.42 Å². The van der Waals surface area contributed by atoms with Crippen LogP contribution in [0.2, 0.25) is 10.0 Å². The van der Waals surface area contributed by atoms with Crippen LogP contribution >= 0.6 is 23.2 Å². The molecule has 1 aromatic carbocycles. The van der Waals surface area contributed by atoms with Gasteiger partial charge in [-0.1, -0.05) is 35.3 Å². The van der Waals surface area contributed by atoms with Gasteiger partial charge in [0.25, 0.3) is 0 Å². The summed E-state index contributed by atoms with van der Waals surface area (Å²) >= 11 is 12.4. The lowest BCUT2D eigenvalue weighted by Gasteiger charge is -2.33. The molecule has 1 saturated heterocycles. The van der Waals surface area contributed by atoms with Crippen molar-refractivity contribution >= 4 is 33.0 Å². The largest absolute Gasteiger partial charge is 0.316 e. The molecule has 112 valence electrons. The third-order valence-electron chi connectivity index (χ3n) is 3.85. The maximum Gasteiger partial charge on any atom is 0.147 e. The molecule has 2 rings (SSSR count). The Labute approximate surface area is 130 Å². The van der Waals surface area contributed by atoms with Gasteiger partial charge in [0.1, 0.15) is 9.84 Å². The van der Waals surface area contributed by atoms with E-state index in [4.69, 9.17) is 23.2 Å². The van der Waals surface area contributed by atoms with Crippen LogP contribution in [0.1, 0.15) is 24.3 Å². The van der Waals surface area contributed by atoms with Crippen molar-refractivity contribution in [2.24, 2.45) is 5.92 Å². The summed E-state index contributed by atoms with van der Waals surface area (Å²) in [5, 5.41) is 4.50. The summed E-state index contributed by atoms with van der Waals surface area (Å²) in [6.45, 7) is 1.74. The lowest BCUT2D eigenvalue weighted by molar-refractivity contribution is 0.318. The molecule has 1 aliphatic heterocycles.